The van der Waals surface area contributed by atoms with Crippen molar-refractivity contribution in [2.45, 2.75) is 13.2 Å². The fourth-order valence-corrected chi connectivity index (χ4v) is 2.65. The summed E-state index contributed by atoms with van der Waals surface area (Å²) < 4.78 is 24.7. The van der Waals surface area contributed by atoms with Crippen molar-refractivity contribution in [1.29, 1.82) is 0 Å². The van der Waals surface area contributed by atoms with Gasteiger partial charge < -0.3 is 19.9 Å². The van der Waals surface area contributed by atoms with Gasteiger partial charge in [0.05, 0.1) is 23.7 Å². The molecule has 0 fully saturated rings. The first-order valence-electron chi connectivity index (χ1n) is 7.27. The van der Waals surface area contributed by atoms with Crippen molar-refractivity contribution >= 4 is 29.2 Å². The minimum absolute atomic E-state index is 0.113. The Hall–Kier alpha value is -2.02. The van der Waals surface area contributed by atoms with E-state index in [4.69, 9.17) is 37.8 Å². The van der Waals surface area contributed by atoms with Gasteiger partial charge in [-0.2, -0.15) is 0 Å². The lowest BCUT2D eigenvalue weighted by atomic mass is 10.2. The highest BCUT2D eigenvalue weighted by molar-refractivity contribution is 6.32. The summed E-state index contributed by atoms with van der Waals surface area (Å²) >= 11 is 12.2. The summed E-state index contributed by atoms with van der Waals surface area (Å²) in [5, 5.41) is 11.9. The monoisotopic (exact) mass is 387 g/mol. The zero-order valence-electron chi connectivity index (χ0n) is 13.3. The number of halogens is 3. The minimum Gasteiger partial charge on any atom is -0.493 e. The quantitative estimate of drug-likeness (QED) is 0.718. The van der Waals surface area contributed by atoms with Gasteiger partial charge in [0.1, 0.15) is 12.4 Å². The molecule has 0 saturated heterocycles. The largest absolute Gasteiger partial charge is 0.493 e. The topological polar surface area (TPSA) is 67.8 Å². The summed E-state index contributed by atoms with van der Waals surface area (Å²) in [7, 11) is 1.45. The van der Waals surface area contributed by atoms with Crippen LogP contribution in [-0.2, 0) is 17.9 Å². The molecule has 5 nitrogen and oxygen atoms in total. The third kappa shape index (κ3) is 5.22. The maximum absolute atomic E-state index is 13.8. The van der Waals surface area contributed by atoms with Crippen LogP contribution in [0, 0.1) is 5.82 Å². The van der Waals surface area contributed by atoms with E-state index in [-0.39, 0.29) is 34.5 Å². The molecule has 2 N–H and O–H groups in total. The lowest BCUT2D eigenvalue weighted by Crippen LogP contribution is -2.21. The standard InChI is InChI=1S/C17H16Cl2FNO4/c1-24-15-6-10(7-21-8-16(22)23)5-13(19)17(15)25-9-11-12(18)3-2-4-14(11)20/h2-6,21H,7-9H2,1H3,(H,22,23). The smallest absolute Gasteiger partial charge is 0.317 e. The van der Waals surface area contributed by atoms with Gasteiger partial charge in [0, 0.05) is 12.1 Å². The fraction of sp³-hybridized carbons (Fsp3) is 0.235. The normalized spacial score (nSPS) is 10.6. The highest BCUT2D eigenvalue weighted by Gasteiger charge is 2.15. The molecule has 0 saturated carbocycles. The maximum atomic E-state index is 13.8. The molecular weight excluding hydrogens is 372 g/mol. The van der Waals surface area contributed by atoms with Crippen molar-refractivity contribution in [1.82, 2.24) is 5.32 Å². The lowest BCUT2D eigenvalue weighted by molar-refractivity contribution is -0.135. The summed E-state index contributed by atoms with van der Waals surface area (Å²) in [5.41, 5.74) is 0.939. The molecule has 0 bridgehead atoms. The predicted octanol–water partition coefficient (Wildman–Crippen LogP) is 3.89. The number of ether oxygens (including phenoxy) is 2. The molecule has 0 unspecified atom stereocenters. The number of methoxy groups -OCH3 is 1. The van der Waals surface area contributed by atoms with Crippen molar-refractivity contribution in [3.63, 3.8) is 0 Å². The Labute approximate surface area is 154 Å². The third-order valence-corrected chi connectivity index (χ3v) is 3.95. The summed E-state index contributed by atoms with van der Waals surface area (Å²) in [4.78, 5) is 10.5. The third-order valence-electron chi connectivity index (χ3n) is 3.32. The molecule has 0 heterocycles. The van der Waals surface area contributed by atoms with Crippen molar-refractivity contribution in [3.8, 4) is 11.5 Å². The number of benzene rings is 2. The molecule has 0 aliphatic carbocycles. The second kappa shape index (κ2) is 8.89. The molecule has 0 aromatic heterocycles. The number of carbonyl (C=O) groups is 1. The van der Waals surface area contributed by atoms with E-state index in [1.54, 1.807) is 18.2 Å². The van der Waals surface area contributed by atoms with Crippen LogP contribution < -0.4 is 14.8 Å². The molecule has 25 heavy (non-hydrogen) atoms. The van der Waals surface area contributed by atoms with Crippen LogP contribution in [-0.4, -0.2) is 24.7 Å². The number of aliphatic carboxylic acids is 1. The molecule has 0 aliphatic rings. The second-order valence-electron chi connectivity index (χ2n) is 5.10. The Morgan fingerprint density at radius 1 is 1.28 bits per heavy atom. The van der Waals surface area contributed by atoms with Crippen LogP contribution in [0.5, 0.6) is 11.5 Å². The summed E-state index contributed by atoms with van der Waals surface area (Å²) in [6.45, 7) is 0.00394. The van der Waals surface area contributed by atoms with Crippen LogP contribution in [0.25, 0.3) is 0 Å². The Bertz CT molecular complexity index is 750. The van der Waals surface area contributed by atoms with Crippen molar-refractivity contribution in [3.05, 3.63) is 57.3 Å². The van der Waals surface area contributed by atoms with Crippen molar-refractivity contribution in [2.75, 3.05) is 13.7 Å². The molecule has 0 amide bonds. The van der Waals surface area contributed by atoms with Crippen LogP contribution in [0.15, 0.2) is 30.3 Å². The molecule has 0 atom stereocenters. The number of hydrogen-bond acceptors (Lipinski definition) is 4. The Morgan fingerprint density at radius 2 is 2.04 bits per heavy atom. The SMILES string of the molecule is COc1cc(CNCC(=O)O)cc(Cl)c1OCc1c(F)cccc1Cl. The van der Waals surface area contributed by atoms with E-state index < -0.39 is 11.8 Å². The Kier molecular flexibility index (Phi) is 6.87. The molecule has 0 radical (unpaired) electrons. The first-order valence-corrected chi connectivity index (χ1v) is 8.02. The summed E-state index contributed by atoms with van der Waals surface area (Å²) in [5.74, 6) is -0.825. The molecule has 0 aliphatic heterocycles. The van der Waals surface area contributed by atoms with E-state index in [1.807, 2.05) is 0 Å². The average Bonchev–Trinajstić information content (AvgIpc) is 2.55. The lowest BCUT2D eigenvalue weighted by Gasteiger charge is -2.15. The molecule has 2 aromatic rings. The number of carboxylic acid groups (broad SMARTS) is 1. The number of carboxylic acids is 1. The van der Waals surface area contributed by atoms with Gasteiger partial charge in [-0.15, -0.1) is 0 Å². The van der Waals surface area contributed by atoms with Crippen LogP contribution in [0.2, 0.25) is 10.0 Å². The van der Waals surface area contributed by atoms with E-state index in [0.29, 0.717) is 12.3 Å². The zero-order chi connectivity index (χ0) is 18.4. The molecule has 2 aromatic carbocycles. The first-order chi connectivity index (χ1) is 11.9. The first kappa shape index (κ1) is 19.3. The van der Waals surface area contributed by atoms with Crippen molar-refractivity contribution in [2.24, 2.45) is 0 Å². The van der Waals surface area contributed by atoms with E-state index in [1.165, 1.54) is 19.2 Å². The van der Waals surface area contributed by atoms with Gasteiger partial charge in [0.15, 0.2) is 11.5 Å². The molecule has 0 spiro atoms. The van der Waals surface area contributed by atoms with Gasteiger partial charge in [0.25, 0.3) is 0 Å². The van der Waals surface area contributed by atoms with Gasteiger partial charge in [0.2, 0.25) is 0 Å². The van der Waals surface area contributed by atoms with Gasteiger partial charge in [-0.3, -0.25) is 4.79 Å². The number of nitrogens with one attached hydrogen (secondary N) is 1. The fourth-order valence-electron chi connectivity index (χ4n) is 2.14. The average molecular weight is 388 g/mol. The van der Waals surface area contributed by atoms with E-state index in [9.17, 15) is 9.18 Å². The highest BCUT2D eigenvalue weighted by atomic mass is 35.5. The Balaban J connectivity index is 2.16. The van der Waals surface area contributed by atoms with Crippen LogP contribution >= 0.6 is 23.2 Å². The molecule has 8 heteroatoms. The Morgan fingerprint density at radius 3 is 2.68 bits per heavy atom. The van der Waals surface area contributed by atoms with E-state index >= 15 is 0 Å². The van der Waals surface area contributed by atoms with Gasteiger partial charge in [-0.05, 0) is 29.8 Å². The van der Waals surface area contributed by atoms with Crippen LogP contribution in [0.1, 0.15) is 11.1 Å². The van der Waals surface area contributed by atoms with E-state index in [0.717, 1.165) is 5.56 Å². The highest BCUT2D eigenvalue weighted by Crippen LogP contribution is 2.37. The number of rotatable bonds is 8. The van der Waals surface area contributed by atoms with E-state index in [2.05, 4.69) is 5.32 Å². The summed E-state index contributed by atoms with van der Waals surface area (Å²) in [6.07, 6.45) is 0. The minimum atomic E-state index is -0.959. The summed E-state index contributed by atoms with van der Waals surface area (Å²) in [6, 6.07) is 7.66. The van der Waals surface area contributed by atoms with Gasteiger partial charge in [-0.25, -0.2) is 4.39 Å². The zero-order valence-corrected chi connectivity index (χ0v) is 14.8. The molecule has 2 rings (SSSR count). The number of hydrogen-bond donors (Lipinski definition) is 2. The molecule has 134 valence electrons. The second-order valence-corrected chi connectivity index (χ2v) is 5.91. The van der Waals surface area contributed by atoms with Crippen molar-refractivity contribution < 1.29 is 23.8 Å². The van der Waals surface area contributed by atoms with Crippen LogP contribution in [0.4, 0.5) is 4.39 Å². The maximum Gasteiger partial charge on any atom is 0.317 e. The molecular formula is C17H16Cl2FNO4. The predicted molar refractivity (Wildman–Crippen MR) is 93.1 cm³/mol. The van der Waals surface area contributed by atoms with Gasteiger partial charge >= 0.3 is 5.97 Å². The van der Waals surface area contributed by atoms with Gasteiger partial charge in [-0.1, -0.05) is 29.3 Å². The van der Waals surface area contributed by atoms with Crippen LogP contribution in [0.3, 0.4) is 0 Å².